The van der Waals surface area contributed by atoms with E-state index in [0.717, 1.165) is 26.5 Å². The zero-order chi connectivity index (χ0) is 102. The zero-order valence-corrected chi connectivity index (χ0v) is 81.0. The van der Waals surface area contributed by atoms with Crippen LogP contribution in [0.3, 0.4) is 0 Å². The number of aliphatic carboxylic acids is 1. The van der Waals surface area contributed by atoms with Gasteiger partial charge in [0.1, 0.15) is 96.9 Å². The molecule has 2 aromatic heterocycles. The molecular formula is C99H132N20O20S. The maximum Gasteiger partial charge on any atom is 0.323 e. The molecule has 0 aliphatic carbocycles. The number of amides is 16. The number of hydrogen-bond acceptors (Lipinski definition) is 22. The Balaban J connectivity index is 1.04. The number of likely N-dealkylation sites (N-methyl/N-ethyl adjacent to an activating group) is 3. The number of aromatic nitrogens is 2. The number of nitrogens with zero attached hydrogens (tertiary/aromatic N) is 6. The van der Waals surface area contributed by atoms with E-state index in [-0.39, 0.29) is 101 Å². The Morgan fingerprint density at radius 3 is 1.64 bits per heavy atom. The van der Waals surface area contributed by atoms with E-state index in [1.54, 1.807) is 129 Å². The first-order chi connectivity index (χ1) is 66.9. The molecular weight excluding hydrogens is 1820 g/mol. The average Bonchev–Trinajstić information content (AvgIpc) is 1.64. The Morgan fingerprint density at radius 2 is 1.02 bits per heavy atom. The van der Waals surface area contributed by atoms with E-state index in [1.165, 1.54) is 72.9 Å². The molecule has 16 amide bonds. The fraction of sp³-hybridized carbons (Fsp3) is 0.485. The number of aromatic amines is 1. The van der Waals surface area contributed by atoms with Gasteiger partial charge in [0.15, 0.2) is 0 Å². The third-order valence-corrected chi connectivity index (χ3v) is 26.6. The highest BCUT2D eigenvalue weighted by atomic mass is 32.2. The minimum atomic E-state index is -1.66. The number of para-hydroxylation sites is 2. The van der Waals surface area contributed by atoms with Crippen molar-refractivity contribution in [2.24, 2.45) is 23.1 Å². The minimum absolute atomic E-state index is 0.00997. The summed E-state index contributed by atoms with van der Waals surface area (Å²) in [7, 11) is 4.02. The quantitative estimate of drug-likeness (QED) is 0.0347. The summed E-state index contributed by atoms with van der Waals surface area (Å²) in [4.78, 5) is 261. The minimum Gasteiger partial charge on any atom is -0.508 e. The van der Waals surface area contributed by atoms with Gasteiger partial charge in [-0.1, -0.05) is 163 Å². The lowest BCUT2D eigenvalue weighted by atomic mass is 9.99. The summed E-state index contributed by atoms with van der Waals surface area (Å²) in [5.41, 5.74) is 21.6. The summed E-state index contributed by atoms with van der Waals surface area (Å²) in [5.74, 6) is -16.6. The molecule has 3 aliphatic heterocycles. The second-order valence-corrected chi connectivity index (χ2v) is 37.4. The van der Waals surface area contributed by atoms with Crippen LogP contribution in [0.15, 0.2) is 146 Å². The monoisotopic (exact) mass is 1950 g/mol. The molecule has 0 bridgehead atoms. The third kappa shape index (κ3) is 29.4. The molecule has 10 rings (SSSR count). The Bertz CT molecular complexity index is 5550. The van der Waals surface area contributed by atoms with Gasteiger partial charge >= 0.3 is 5.97 Å². The molecule has 3 fully saturated rings. The highest BCUT2D eigenvalue weighted by Crippen LogP contribution is 2.29. The van der Waals surface area contributed by atoms with Crippen molar-refractivity contribution in [1.82, 2.24) is 87.2 Å². The predicted molar refractivity (Wildman–Crippen MR) is 522 cm³/mol. The molecule has 0 spiro atoms. The normalized spacial score (nSPS) is 24.3. The maximum absolute atomic E-state index is 16.0. The summed E-state index contributed by atoms with van der Waals surface area (Å²) in [6.45, 7) is 6.09. The van der Waals surface area contributed by atoms with Crippen molar-refractivity contribution in [3.8, 4) is 5.75 Å². The van der Waals surface area contributed by atoms with Crippen molar-refractivity contribution < 1.29 is 96.8 Å². The number of thioether (sulfide) groups is 1. The van der Waals surface area contributed by atoms with Crippen LogP contribution in [0.25, 0.3) is 21.8 Å². The van der Waals surface area contributed by atoms with E-state index in [9.17, 15) is 53.7 Å². The van der Waals surface area contributed by atoms with Crippen LogP contribution < -0.4 is 70.4 Å². The Hall–Kier alpha value is -13.8. The first-order valence-electron chi connectivity index (χ1n) is 47.5. The largest absolute Gasteiger partial charge is 0.508 e. The SMILES string of the molecule is CCCC[C@H]1C(=O)N(C)[C@@H](CCCC)C(=O)N[C@@H](CC(C)C)C(=O)N[C@H](C(=O)NCC(N)=O)CSCC(=O)N[C@@H](Cc2ccc(O)cc2)C(=O)N(C)[C@@H](C)C(=O)N[C@H](Cc2ccccc2)C(=O)N2CCC[C@H]2C(=O)N[C@@H](CN)C(=O)N[C@@H](Cc2ccccc2)C(=O)N2C[C@H](O)C[C@H]2C(=O)N[C@@H](Cc2c[nH]c3ccccc23)C(=O)N[C@@H](CCN)C(=O)N[C@@H](Cc2cn(CC(=O)O)c3ccccc23)C(=O)N1C. The van der Waals surface area contributed by atoms with E-state index in [0.29, 0.717) is 75.3 Å². The number of carboxylic acids is 1. The number of fused-ring (bicyclic) bond motifs is 4. The number of aliphatic hydroxyl groups excluding tert-OH is 1. The average molecular weight is 1950 g/mol. The van der Waals surface area contributed by atoms with Gasteiger partial charge in [0.25, 0.3) is 0 Å². The van der Waals surface area contributed by atoms with Crippen molar-refractivity contribution in [2.45, 2.75) is 235 Å². The lowest BCUT2D eigenvalue weighted by Crippen LogP contribution is -2.62. The number of aromatic hydroxyl groups is 1. The number of hydrogen-bond donors (Lipinski definition) is 17. The van der Waals surface area contributed by atoms with E-state index in [4.69, 9.17) is 17.2 Å². The molecule has 15 atom stereocenters. The number of phenols is 1. The fourth-order valence-corrected chi connectivity index (χ4v) is 18.7. The highest BCUT2D eigenvalue weighted by Gasteiger charge is 2.47. The number of carbonyl (C=O) groups excluding carboxylic acids is 16. The van der Waals surface area contributed by atoms with E-state index >= 15 is 43.2 Å². The topological polar surface area (TPSA) is 586 Å². The standard InChI is InChI=1S/C99H132N20O20S/c1-9-11-31-79-92(132)107-70(42-57(3)4)89(129)113-77(87(127)104-51-83(102)122)55-140-56-84(123)105-72(45-61-35-37-64(120)38-36-61)95(135)114(6)58(5)86(126)109-73(43-59-24-15-13-16-25-59)97(137)118-41-23-34-80(118)93(133)112-76(49-101)91(131)110-74(44-60-26-17-14-18-27-60)98(138)119-53-65(121)48-82(119)94(134)108-71(46-62-50-103-68-30-21-19-28-66(62)68)90(130)106-69(39-40-100)88(128)111-75(96(136)116(8)81(32-12-10-2)99(139)115(79)7)47-63-52-117(54-85(124)125)78-33-22-20-29-67(63)78/h13-22,24-30,33,35-38,50,52,57-58,65,69-77,79-82,103,120-121H,9-12,23,31-32,34,39-49,51,53-56,100-101H2,1-8H3,(H2,102,122)(H,104,127)(H,105,123)(H,106,130)(H,107,132)(H,108,134)(H,109,126)(H,110,131)(H,111,128)(H,112,133)(H,113,129)(H,124,125)/t58-,65+,69-,70-,71-,72-,73+,74-,75-,76-,77-,79-,80-,81-,82-/m0/s1. The van der Waals surface area contributed by atoms with Gasteiger partial charge < -0.3 is 120 Å². The molecule has 754 valence electrons. The van der Waals surface area contributed by atoms with E-state index in [1.807, 2.05) is 13.8 Å². The van der Waals surface area contributed by atoms with Gasteiger partial charge in [0.05, 0.1) is 18.4 Å². The van der Waals surface area contributed by atoms with Crippen molar-refractivity contribution in [2.75, 3.05) is 65.4 Å². The number of phenolic OH excluding ortho intramolecular Hbond substituents is 1. The molecule has 0 radical (unpaired) electrons. The number of carbonyl (C=O) groups is 17. The van der Waals surface area contributed by atoms with Crippen molar-refractivity contribution in [3.05, 3.63) is 174 Å². The number of H-pyrrole nitrogens is 1. The van der Waals surface area contributed by atoms with Crippen LogP contribution in [0.5, 0.6) is 5.75 Å². The van der Waals surface area contributed by atoms with Crippen LogP contribution in [0, 0.1) is 5.92 Å². The van der Waals surface area contributed by atoms with Crippen molar-refractivity contribution >= 4 is 134 Å². The molecule has 0 saturated carbocycles. The fourth-order valence-electron chi connectivity index (χ4n) is 17.8. The van der Waals surface area contributed by atoms with Gasteiger partial charge in [0, 0.05) is 119 Å². The summed E-state index contributed by atoms with van der Waals surface area (Å²) in [5, 5.41) is 60.4. The summed E-state index contributed by atoms with van der Waals surface area (Å²) in [6.07, 6.45) is 1.77. The Kier molecular flexibility index (Phi) is 40.0. The van der Waals surface area contributed by atoms with Crippen LogP contribution in [-0.4, -0.2) is 306 Å². The summed E-state index contributed by atoms with van der Waals surface area (Å²) >= 11 is 0.817. The van der Waals surface area contributed by atoms with Gasteiger partial charge in [-0.25, -0.2) is 0 Å². The molecule has 140 heavy (non-hydrogen) atoms. The number of aliphatic hydroxyl groups is 1. The number of nitrogens with one attached hydrogen (secondary N) is 11. The van der Waals surface area contributed by atoms with Crippen LogP contribution in [0.2, 0.25) is 0 Å². The predicted octanol–water partition coefficient (Wildman–Crippen LogP) is 0.325. The Morgan fingerprint density at radius 1 is 0.514 bits per heavy atom. The third-order valence-electron chi connectivity index (χ3n) is 25.5. The van der Waals surface area contributed by atoms with Gasteiger partial charge in [-0.3, -0.25) is 81.5 Å². The first kappa shape index (κ1) is 108. The van der Waals surface area contributed by atoms with Gasteiger partial charge in [0.2, 0.25) is 94.5 Å². The number of nitrogens with two attached hydrogens (primary N) is 3. The molecule has 41 heteroatoms. The lowest BCUT2D eigenvalue weighted by Gasteiger charge is -2.36. The second-order valence-electron chi connectivity index (χ2n) is 36.4. The Labute approximate surface area is 816 Å². The second kappa shape index (κ2) is 51.7. The number of unbranched alkanes of at least 4 members (excludes halogenated alkanes) is 2. The van der Waals surface area contributed by atoms with Crippen LogP contribution in [0.4, 0.5) is 0 Å². The zero-order valence-electron chi connectivity index (χ0n) is 80.2. The molecule has 3 aliphatic rings. The van der Waals surface area contributed by atoms with Crippen molar-refractivity contribution in [3.63, 3.8) is 0 Å². The van der Waals surface area contributed by atoms with Crippen LogP contribution in [0.1, 0.15) is 133 Å². The van der Waals surface area contributed by atoms with Gasteiger partial charge in [-0.05, 0) is 110 Å². The van der Waals surface area contributed by atoms with Crippen LogP contribution >= 0.6 is 11.8 Å². The highest BCUT2D eigenvalue weighted by molar-refractivity contribution is 8.00. The molecule has 7 aromatic rings. The van der Waals surface area contributed by atoms with Gasteiger partial charge in [-0.15, -0.1) is 11.8 Å². The number of primary amides is 1. The molecule has 3 saturated heterocycles. The molecule has 5 heterocycles. The van der Waals surface area contributed by atoms with Gasteiger partial charge in [-0.2, -0.15) is 0 Å². The van der Waals surface area contributed by atoms with E-state index in [2.05, 4.69) is 58.2 Å². The van der Waals surface area contributed by atoms with Crippen molar-refractivity contribution in [1.29, 1.82) is 0 Å². The molecule has 40 nitrogen and oxygen atoms in total. The molecule has 0 unspecified atom stereocenters. The van der Waals surface area contributed by atoms with E-state index < -0.39 is 230 Å². The summed E-state index contributed by atoms with van der Waals surface area (Å²) < 4.78 is 1.45. The van der Waals surface area contributed by atoms with Crippen LogP contribution in [-0.2, 0) is 120 Å². The molecule has 5 aromatic carbocycles. The molecule has 20 N–H and O–H groups in total. The number of benzene rings is 5. The lowest BCUT2D eigenvalue weighted by molar-refractivity contribution is -0.149. The smallest absolute Gasteiger partial charge is 0.323 e. The summed E-state index contributed by atoms with van der Waals surface area (Å²) in [6, 6.07) is 15.7. The maximum atomic E-state index is 16.0. The number of carboxylic acid groups (broad SMARTS) is 1. The number of rotatable bonds is 26. The first-order valence-corrected chi connectivity index (χ1v) is 48.6.